The molecule has 2 aromatic carbocycles. The second-order valence-corrected chi connectivity index (χ2v) is 13.4. The molecule has 3 aliphatic rings. The molecule has 1 aliphatic carbocycles. The Morgan fingerprint density at radius 1 is 0.977 bits per heavy atom. The molecule has 0 spiro atoms. The number of H-pyrrole nitrogens is 1. The molecule has 2 N–H and O–H groups in total. The van der Waals surface area contributed by atoms with Gasteiger partial charge >= 0.3 is 6.09 Å². The van der Waals surface area contributed by atoms with Crippen LogP contribution in [0.15, 0.2) is 66.9 Å². The van der Waals surface area contributed by atoms with E-state index >= 15 is 0 Å². The van der Waals surface area contributed by atoms with Crippen LogP contribution in [0.4, 0.5) is 4.79 Å². The Bertz CT molecular complexity index is 1640. The van der Waals surface area contributed by atoms with E-state index in [1.807, 2.05) is 86.3 Å². The average molecular weight is 594 g/mol. The molecule has 9 heteroatoms. The summed E-state index contributed by atoms with van der Waals surface area (Å²) in [6, 6.07) is 19.7. The van der Waals surface area contributed by atoms with Gasteiger partial charge in [-0.2, -0.15) is 5.10 Å². The number of ether oxygens (including phenoxy) is 2. The Balaban J connectivity index is 1.03. The minimum Gasteiger partial charge on any atom is -0.490 e. The zero-order valence-electron chi connectivity index (χ0n) is 25.5. The molecule has 228 valence electrons. The van der Waals surface area contributed by atoms with Crippen LogP contribution in [0.25, 0.3) is 22.2 Å². The molecule has 2 aliphatic heterocycles. The maximum absolute atomic E-state index is 13.4. The molecule has 9 nitrogen and oxygen atoms in total. The zero-order chi connectivity index (χ0) is 30.4. The number of nitrogens with zero attached hydrogens (tertiary/aromatic N) is 3. The lowest BCUT2D eigenvalue weighted by Gasteiger charge is -2.39. The van der Waals surface area contributed by atoms with E-state index < -0.39 is 5.60 Å². The number of amides is 2. The number of nitrogens with one attached hydrogen (secondary N) is 2. The zero-order valence-corrected chi connectivity index (χ0v) is 25.5. The summed E-state index contributed by atoms with van der Waals surface area (Å²) in [6.07, 6.45) is 7.37. The minimum absolute atomic E-state index is 0.0508. The molecule has 4 heterocycles. The quantitative estimate of drug-likeness (QED) is 0.244. The Morgan fingerprint density at radius 2 is 1.73 bits per heavy atom. The normalized spacial score (nSPS) is 22.1. The van der Waals surface area contributed by atoms with E-state index in [0.29, 0.717) is 11.5 Å². The number of aromatic amines is 1. The third-order valence-electron chi connectivity index (χ3n) is 8.94. The summed E-state index contributed by atoms with van der Waals surface area (Å²) in [5, 5.41) is 11.8. The second kappa shape index (κ2) is 11.3. The fourth-order valence-electron chi connectivity index (χ4n) is 6.74. The van der Waals surface area contributed by atoms with Gasteiger partial charge in [0.2, 0.25) is 0 Å². The van der Waals surface area contributed by atoms with Gasteiger partial charge < -0.3 is 19.7 Å². The van der Waals surface area contributed by atoms with Gasteiger partial charge in [0.25, 0.3) is 5.91 Å². The van der Waals surface area contributed by atoms with Gasteiger partial charge in [-0.1, -0.05) is 6.07 Å². The van der Waals surface area contributed by atoms with Crippen molar-refractivity contribution in [3.8, 4) is 17.0 Å². The highest BCUT2D eigenvalue weighted by molar-refractivity contribution is 6.01. The predicted octanol–water partition coefficient (Wildman–Crippen LogP) is 6.82. The molecule has 2 aromatic heterocycles. The highest BCUT2D eigenvalue weighted by Crippen LogP contribution is 2.41. The monoisotopic (exact) mass is 593 g/mol. The van der Waals surface area contributed by atoms with Gasteiger partial charge in [-0.25, -0.2) is 4.79 Å². The highest BCUT2D eigenvalue weighted by atomic mass is 16.6. The molecule has 2 bridgehead atoms. The van der Waals surface area contributed by atoms with Crippen LogP contribution in [-0.4, -0.2) is 55.9 Å². The Labute approximate surface area is 257 Å². The van der Waals surface area contributed by atoms with Crippen molar-refractivity contribution < 1.29 is 19.1 Å². The summed E-state index contributed by atoms with van der Waals surface area (Å²) >= 11 is 0. The van der Waals surface area contributed by atoms with E-state index in [1.54, 1.807) is 6.20 Å². The fourth-order valence-corrected chi connectivity index (χ4v) is 6.74. The largest absolute Gasteiger partial charge is 0.490 e. The van der Waals surface area contributed by atoms with Gasteiger partial charge in [0.1, 0.15) is 17.5 Å². The summed E-state index contributed by atoms with van der Waals surface area (Å²) in [6.45, 7) is 5.72. The molecule has 1 saturated carbocycles. The van der Waals surface area contributed by atoms with Gasteiger partial charge in [0, 0.05) is 47.6 Å². The van der Waals surface area contributed by atoms with Crippen molar-refractivity contribution in [1.82, 2.24) is 25.4 Å². The lowest BCUT2D eigenvalue weighted by atomic mass is 10.00. The first-order chi connectivity index (χ1) is 21.2. The average Bonchev–Trinajstić information content (AvgIpc) is 3.69. The molecule has 4 aromatic rings. The highest BCUT2D eigenvalue weighted by Gasteiger charge is 2.45. The number of carbonyl (C=O) groups excluding carboxylic acids is 2. The van der Waals surface area contributed by atoms with Crippen LogP contribution in [0.2, 0.25) is 0 Å². The van der Waals surface area contributed by atoms with Gasteiger partial charge in [-0.05, 0) is 107 Å². The van der Waals surface area contributed by atoms with Crippen LogP contribution < -0.4 is 10.1 Å². The van der Waals surface area contributed by atoms with Crippen LogP contribution >= 0.6 is 0 Å². The fraction of sp³-hybridized carbons (Fsp3) is 0.429. The maximum Gasteiger partial charge on any atom is 0.410 e. The summed E-state index contributed by atoms with van der Waals surface area (Å²) in [7, 11) is 0. The van der Waals surface area contributed by atoms with Crippen LogP contribution in [-0.2, 0) is 4.74 Å². The van der Waals surface area contributed by atoms with E-state index in [2.05, 4.69) is 20.5 Å². The smallest absolute Gasteiger partial charge is 0.410 e. The van der Waals surface area contributed by atoms with E-state index in [1.165, 1.54) is 0 Å². The summed E-state index contributed by atoms with van der Waals surface area (Å²) in [4.78, 5) is 32.6. The van der Waals surface area contributed by atoms with Crippen LogP contribution in [0, 0.1) is 5.92 Å². The van der Waals surface area contributed by atoms with Gasteiger partial charge in [0.05, 0.1) is 22.9 Å². The lowest BCUT2D eigenvalue weighted by Crippen LogP contribution is -2.50. The van der Waals surface area contributed by atoms with Gasteiger partial charge in [-0.3, -0.25) is 14.9 Å². The first-order valence-corrected chi connectivity index (χ1v) is 15.7. The van der Waals surface area contributed by atoms with Crippen LogP contribution in [0.5, 0.6) is 5.75 Å². The summed E-state index contributed by atoms with van der Waals surface area (Å²) in [5.41, 5.74) is 3.58. The number of piperidine rings is 1. The van der Waals surface area contributed by atoms with E-state index in [4.69, 9.17) is 9.47 Å². The topological polar surface area (TPSA) is 109 Å². The SMILES string of the molecule is CC(C)(C)OC(=O)N1C2CCC1CC(Oc1ccc(-c3n[nH]c4ccc(C(=O)N[C@H](c5ccccn5)C5CC5)cc34)cc1)C2. The molecule has 7 rings (SSSR count). The van der Waals surface area contributed by atoms with Crippen LogP contribution in [0.1, 0.15) is 81.4 Å². The van der Waals surface area contributed by atoms with Crippen LogP contribution in [0.3, 0.4) is 0 Å². The molecule has 2 saturated heterocycles. The standard InChI is InChI=1S/C35H39N5O4/c1-35(2,3)44-34(42)40-24-12-13-25(40)20-27(19-24)43-26-14-9-21(10-15-26)31-28-18-23(11-16-29(28)38-39-31)33(41)37-32(22-7-8-22)30-6-4-5-17-36-30/h4-6,9-11,14-18,22,24-25,27,32H,7-8,12-13,19-20H2,1-3H3,(H,37,41)(H,38,39)/t24?,25?,27?,32-/m0/s1. The Morgan fingerprint density at radius 3 is 2.39 bits per heavy atom. The van der Waals surface area contributed by atoms with Crippen molar-refractivity contribution in [2.24, 2.45) is 5.92 Å². The molecular weight excluding hydrogens is 554 g/mol. The molecule has 2 unspecified atom stereocenters. The summed E-state index contributed by atoms with van der Waals surface area (Å²) < 4.78 is 12.1. The van der Waals surface area contributed by atoms with E-state index in [0.717, 1.165) is 72.1 Å². The molecule has 44 heavy (non-hydrogen) atoms. The van der Waals surface area contributed by atoms with Crippen molar-refractivity contribution in [3.63, 3.8) is 0 Å². The lowest BCUT2D eigenvalue weighted by molar-refractivity contribution is -0.00708. The maximum atomic E-state index is 13.4. The van der Waals surface area contributed by atoms with Gasteiger partial charge in [-0.15, -0.1) is 0 Å². The number of rotatable bonds is 7. The number of hydrogen-bond donors (Lipinski definition) is 2. The molecule has 3 fully saturated rings. The van der Waals surface area contributed by atoms with Gasteiger partial charge in [0.15, 0.2) is 0 Å². The Hall–Kier alpha value is -4.40. The summed E-state index contributed by atoms with van der Waals surface area (Å²) in [5.74, 6) is 1.11. The second-order valence-electron chi connectivity index (χ2n) is 13.4. The molecule has 3 atom stereocenters. The number of aromatic nitrogens is 3. The van der Waals surface area contributed by atoms with Crippen molar-refractivity contribution >= 4 is 22.9 Å². The van der Waals surface area contributed by atoms with E-state index in [-0.39, 0.29) is 36.2 Å². The van der Waals surface area contributed by atoms with Crippen molar-refractivity contribution in [1.29, 1.82) is 0 Å². The Kier molecular flexibility index (Phi) is 7.26. The van der Waals surface area contributed by atoms with E-state index in [9.17, 15) is 9.59 Å². The molecular formula is C35H39N5O4. The third-order valence-corrected chi connectivity index (χ3v) is 8.94. The minimum atomic E-state index is -0.502. The number of pyridine rings is 1. The number of hydrogen-bond acceptors (Lipinski definition) is 6. The predicted molar refractivity (Wildman–Crippen MR) is 167 cm³/mol. The van der Waals surface area contributed by atoms with Crippen molar-refractivity contribution in [2.45, 2.75) is 89.1 Å². The first-order valence-electron chi connectivity index (χ1n) is 15.7. The molecule has 0 radical (unpaired) electrons. The van der Waals surface area contributed by atoms with Crippen molar-refractivity contribution in [2.75, 3.05) is 0 Å². The number of benzene rings is 2. The van der Waals surface area contributed by atoms with Crippen molar-refractivity contribution in [3.05, 3.63) is 78.1 Å². The third kappa shape index (κ3) is 5.87. The first kappa shape index (κ1) is 28.4. The number of carbonyl (C=O) groups is 2. The number of fused-ring (bicyclic) bond motifs is 3. The molecule has 2 amide bonds.